The summed E-state index contributed by atoms with van der Waals surface area (Å²) in [5.41, 5.74) is 4.43. The van der Waals surface area contributed by atoms with Gasteiger partial charge in [-0.15, -0.1) is 0 Å². The maximum Gasteiger partial charge on any atom is 0.0664 e. The molecule has 0 aromatic rings. The van der Waals surface area contributed by atoms with Crippen LogP contribution < -0.4 is 0 Å². The van der Waals surface area contributed by atoms with Crippen molar-refractivity contribution in [2.24, 2.45) is 0 Å². The van der Waals surface area contributed by atoms with Crippen LogP contribution in [0.2, 0.25) is 6.32 Å². The Kier molecular flexibility index (Phi) is 12.4. The highest BCUT2D eigenvalue weighted by Crippen LogP contribution is 2.12. The second-order valence-corrected chi connectivity index (χ2v) is 6.47. The maximum atomic E-state index is 5.46. The van der Waals surface area contributed by atoms with Gasteiger partial charge in [0.05, 0.1) is 7.85 Å². The largest absolute Gasteiger partial charge is 0.159 e. The van der Waals surface area contributed by atoms with Crippen molar-refractivity contribution in [3.8, 4) is 0 Å². The van der Waals surface area contributed by atoms with Crippen LogP contribution >= 0.6 is 11.8 Å². The van der Waals surface area contributed by atoms with Gasteiger partial charge in [-0.25, -0.2) is 0 Å². The molecule has 0 aromatic carbocycles. The summed E-state index contributed by atoms with van der Waals surface area (Å²) >= 11 is 1.91. The van der Waals surface area contributed by atoms with E-state index in [4.69, 9.17) is 7.85 Å². The summed E-state index contributed by atoms with van der Waals surface area (Å²) in [4.78, 5) is 0. The summed E-state index contributed by atoms with van der Waals surface area (Å²) in [6.45, 7) is 8.80. The molecule has 0 unspecified atom stereocenters. The minimum Gasteiger partial charge on any atom is -0.159 e. The van der Waals surface area contributed by atoms with Crippen molar-refractivity contribution < 1.29 is 0 Å². The van der Waals surface area contributed by atoms with E-state index in [1.165, 1.54) is 42.4 Å². The maximum absolute atomic E-state index is 5.46. The first-order valence-electron chi connectivity index (χ1n) is 7.28. The molecule has 0 heterocycles. The molecule has 0 aromatic heterocycles. The first-order valence-corrected chi connectivity index (χ1v) is 8.44. The van der Waals surface area contributed by atoms with Gasteiger partial charge in [0.1, 0.15) is 0 Å². The molecule has 0 amide bonds. The number of thioether (sulfide) groups is 1. The third-order valence-corrected chi connectivity index (χ3v) is 3.86. The van der Waals surface area contributed by atoms with Crippen molar-refractivity contribution in [1.82, 2.24) is 0 Å². The van der Waals surface area contributed by atoms with Gasteiger partial charge in [-0.05, 0) is 59.1 Å². The Labute approximate surface area is 126 Å². The van der Waals surface area contributed by atoms with Crippen LogP contribution in [-0.4, -0.2) is 19.4 Å². The summed E-state index contributed by atoms with van der Waals surface area (Å²) < 4.78 is 0. The molecule has 0 aliphatic rings. The third-order valence-electron chi connectivity index (χ3n) is 2.93. The summed E-state index contributed by atoms with van der Waals surface area (Å²) in [6.07, 6.45) is 12.6. The van der Waals surface area contributed by atoms with E-state index in [1.807, 2.05) is 11.8 Å². The molecule has 0 saturated carbocycles. The molecule has 0 nitrogen and oxygen atoms in total. The molecule has 0 bridgehead atoms. The topological polar surface area (TPSA) is 0 Å². The van der Waals surface area contributed by atoms with Crippen LogP contribution in [0.3, 0.4) is 0 Å². The second kappa shape index (κ2) is 12.7. The van der Waals surface area contributed by atoms with Crippen LogP contribution in [-0.2, 0) is 0 Å². The molecule has 0 fully saturated rings. The molecule has 106 valence electrons. The van der Waals surface area contributed by atoms with Crippen LogP contribution in [0, 0.1) is 0 Å². The summed E-state index contributed by atoms with van der Waals surface area (Å²) in [7, 11) is 5.46. The molecule has 0 atom stereocenters. The van der Waals surface area contributed by atoms with Crippen molar-refractivity contribution in [3.05, 3.63) is 34.9 Å². The van der Waals surface area contributed by atoms with Crippen LogP contribution in [0.15, 0.2) is 34.9 Å². The molecule has 0 N–H and O–H groups in total. The third kappa shape index (κ3) is 13.9. The standard InChI is InChI=1S/C17H29BS/c1-15(2)7-5-8-16(3)9-6-10-17(4)11-13-19-14-12-18/h7,9,11H,5-6,8,10,12-14H2,1-4H3/b16-9+,17-11+. The van der Waals surface area contributed by atoms with E-state index in [0.29, 0.717) is 0 Å². The number of rotatable bonds is 10. The Bertz CT molecular complexity index is 309. The molecule has 0 spiro atoms. The van der Waals surface area contributed by atoms with Gasteiger partial charge >= 0.3 is 0 Å². The van der Waals surface area contributed by atoms with Gasteiger partial charge in [0.2, 0.25) is 0 Å². The van der Waals surface area contributed by atoms with Crippen molar-refractivity contribution in [1.29, 1.82) is 0 Å². The van der Waals surface area contributed by atoms with E-state index in [2.05, 4.69) is 45.9 Å². The average Bonchev–Trinajstić information content (AvgIpc) is 2.34. The fourth-order valence-electron chi connectivity index (χ4n) is 1.71. The van der Waals surface area contributed by atoms with E-state index in [0.717, 1.165) is 17.8 Å². The summed E-state index contributed by atoms with van der Waals surface area (Å²) in [5.74, 6) is 2.17. The Morgan fingerprint density at radius 3 is 2.05 bits per heavy atom. The second-order valence-electron chi connectivity index (χ2n) is 5.32. The smallest absolute Gasteiger partial charge is 0.0664 e. The molecule has 0 aliphatic carbocycles. The molecule has 0 aliphatic heterocycles. The lowest BCUT2D eigenvalue weighted by Crippen LogP contribution is -1.83. The lowest BCUT2D eigenvalue weighted by molar-refractivity contribution is 0.917. The van der Waals surface area contributed by atoms with Gasteiger partial charge in [0, 0.05) is 5.75 Å². The lowest BCUT2D eigenvalue weighted by Gasteiger charge is -2.01. The first-order chi connectivity index (χ1) is 9.06. The van der Waals surface area contributed by atoms with Crippen molar-refractivity contribution in [3.63, 3.8) is 0 Å². The minimum atomic E-state index is 0.783. The van der Waals surface area contributed by atoms with Gasteiger partial charge in [-0.3, -0.25) is 0 Å². The number of hydrogen-bond donors (Lipinski definition) is 0. The Morgan fingerprint density at radius 2 is 1.47 bits per heavy atom. The SMILES string of the molecule is [B]CCSC/C=C(\C)CC/C=C(\C)CCC=C(C)C. The zero-order valence-electron chi connectivity index (χ0n) is 13.2. The van der Waals surface area contributed by atoms with E-state index in [-0.39, 0.29) is 0 Å². The fourth-order valence-corrected chi connectivity index (χ4v) is 2.44. The summed E-state index contributed by atoms with van der Waals surface area (Å²) in [5, 5.41) is 0. The monoisotopic (exact) mass is 276 g/mol. The van der Waals surface area contributed by atoms with Gasteiger partial charge in [-0.2, -0.15) is 11.8 Å². The minimum absolute atomic E-state index is 0.783. The van der Waals surface area contributed by atoms with E-state index >= 15 is 0 Å². The molecular formula is C17H29BS. The van der Waals surface area contributed by atoms with Gasteiger partial charge in [-0.1, -0.05) is 41.3 Å². The zero-order valence-corrected chi connectivity index (χ0v) is 14.0. The Morgan fingerprint density at radius 1 is 0.895 bits per heavy atom. The van der Waals surface area contributed by atoms with E-state index in [9.17, 15) is 0 Å². The highest BCUT2D eigenvalue weighted by molar-refractivity contribution is 7.99. The van der Waals surface area contributed by atoms with E-state index in [1.54, 1.807) is 0 Å². The molecule has 0 saturated heterocycles. The highest BCUT2D eigenvalue weighted by Gasteiger charge is 1.92. The molecule has 19 heavy (non-hydrogen) atoms. The van der Waals surface area contributed by atoms with E-state index < -0.39 is 0 Å². The quantitative estimate of drug-likeness (QED) is 0.279. The lowest BCUT2D eigenvalue weighted by atomic mass is 10.1. The van der Waals surface area contributed by atoms with Crippen molar-refractivity contribution >= 4 is 19.6 Å². The van der Waals surface area contributed by atoms with Crippen LogP contribution in [0.4, 0.5) is 0 Å². The highest BCUT2D eigenvalue weighted by atomic mass is 32.2. The van der Waals surface area contributed by atoms with Gasteiger partial charge in [0.25, 0.3) is 0 Å². The van der Waals surface area contributed by atoms with Crippen molar-refractivity contribution in [2.75, 3.05) is 11.5 Å². The molecular weight excluding hydrogens is 247 g/mol. The summed E-state index contributed by atoms with van der Waals surface area (Å²) in [6, 6.07) is 0. The molecule has 2 radical (unpaired) electrons. The molecule has 0 rings (SSSR count). The van der Waals surface area contributed by atoms with Crippen LogP contribution in [0.25, 0.3) is 0 Å². The predicted molar refractivity (Wildman–Crippen MR) is 93.3 cm³/mol. The number of allylic oxidation sites excluding steroid dienone is 5. The normalized spacial score (nSPS) is 12.6. The van der Waals surface area contributed by atoms with Crippen LogP contribution in [0.1, 0.15) is 53.4 Å². The molecule has 2 heteroatoms. The number of hydrogen-bond acceptors (Lipinski definition) is 1. The fraction of sp³-hybridized carbons (Fsp3) is 0.647. The predicted octanol–water partition coefficient (Wildman–Crippen LogP) is 5.73. The Balaban J connectivity index is 3.77. The van der Waals surface area contributed by atoms with Crippen molar-refractivity contribution in [2.45, 2.75) is 59.7 Å². The van der Waals surface area contributed by atoms with Gasteiger partial charge in [0.15, 0.2) is 0 Å². The first kappa shape index (κ1) is 18.6. The average molecular weight is 276 g/mol. The van der Waals surface area contributed by atoms with Gasteiger partial charge < -0.3 is 0 Å². The zero-order chi connectivity index (χ0) is 14.5. The Hall–Kier alpha value is -0.365. The van der Waals surface area contributed by atoms with Crippen LogP contribution in [0.5, 0.6) is 0 Å².